The maximum absolute atomic E-state index is 13.2. The van der Waals surface area contributed by atoms with Crippen molar-refractivity contribution in [2.45, 2.75) is 13.8 Å². The minimum absolute atomic E-state index is 0.0633. The summed E-state index contributed by atoms with van der Waals surface area (Å²) in [6.45, 7) is 3.79. The molecule has 0 fully saturated rings. The van der Waals surface area contributed by atoms with E-state index in [1.54, 1.807) is 72.8 Å². The van der Waals surface area contributed by atoms with E-state index in [1.165, 1.54) is 6.07 Å². The summed E-state index contributed by atoms with van der Waals surface area (Å²) in [5.74, 6) is -0.714. The Labute approximate surface area is 205 Å². The third-order valence-electron chi connectivity index (χ3n) is 5.34. The number of hydrogen-bond acceptors (Lipinski definition) is 5. The minimum Gasteiger partial charge on any atom is -0.423 e. The first-order valence-electron chi connectivity index (χ1n) is 11.0. The van der Waals surface area contributed by atoms with Crippen molar-refractivity contribution in [2.75, 3.05) is 0 Å². The molecule has 0 spiro atoms. The molecule has 4 aromatic rings. The number of aryl methyl sites for hydroxylation is 2. The van der Waals surface area contributed by atoms with Gasteiger partial charge in [-0.2, -0.15) is 0 Å². The molecule has 0 aromatic heterocycles. The number of hydrogen-bond donors (Lipinski definition) is 0. The van der Waals surface area contributed by atoms with E-state index in [-0.39, 0.29) is 25.6 Å². The van der Waals surface area contributed by atoms with E-state index in [9.17, 15) is 14.4 Å². The second-order valence-corrected chi connectivity index (χ2v) is 9.13. The van der Waals surface area contributed by atoms with E-state index in [0.29, 0.717) is 22.0 Å². The van der Waals surface area contributed by atoms with Gasteiger partial charge in [0.15, 0.2) is 5.52 Å². The zero-order valence-corrected chi connectivity index (χ0v) is 20.3. The average Bonchev–Trinajstić information content (AvgIpc) is 2.86. The fourth-order valence-electron chi connectivity index (χ4n) is 3.58. The number of carbonyl (C=O) groups excluding carboxylic acids is 3. The standard InChI is InChI=1S/C29H23O5P/c1-19-10-9-11-20(2)26(19)29(32)35-25-17-16-23(33-27(30)21-12-5-3-6-13-21)18-24(25)34-28(31)22-14-7-4-8-15-22/h3-18,35H,1-2H3. The predicted octanol–water partition coefficient (Wildman–Crippen LogP) is 5.89. The molecule has 0 N–H and O–H groups in total. The second kappa shape index (κ2) is 10.9. The molecule has 4 rings (SSSR count). The van der Waals surface area contributed by atoms with Crippen LogP contribution in [0.3, 0.4) is 0 Å². The highest BCUT2D eigenvalue weighted by Crippen LogP contribution is 2.30. The Bertz CT molecular complexity index is 1360. The molecule has 0 aliphatic heterocycles. The van der Waals surface area contributed by atoms with Crippen LogP contribution in [0.25, 0.3) is 0 Å². The van der Waals surface area contributed by atoms with Crippen molar-refractivity contribution >= 4 is 31.3 Å². The first-order valence-corrected chi connectivity index (χ1v) is 12.0. The Kier molecular flexibility index (Phi) is 7.49. The lowest BCUT2D eigenvalue weighted by atomic mass is 10.0. The van der Waals surface area contributed by atoms with Gasteiger partial charge in [-0.15, -0.1) is 0 Å². The summed E-state index contributed by atoms with van der Waals surface area (Å²) in [6.07, 6.45) is 0. The molecule has 0 heterocycles. The van der Waals surface area contributed by atoms with Crippen molar-refractivity contribution in [3.8, 4) is 11.5 Å². The molecule has 6 heteroatoms. The fourth-order valence-corrected chi connectivity index (χ4v) is 4.76. The van der Waals surface area contributed by atoms with Gasteiger partial charge in [0.05, 0.1) is 11.1 Å². The van der Waals surface area contributed by atoms with E-state index in [2.05, 4.69) is 0 Å². The summed E-state index contributed by atoms with van der Waals surface area (Å²) in [6, 6.07) is 27.6. The third kappa shape index (κ3) is 5.89. The SMILES string of the molecule is Cc1cccc(C)c1C(=O)Pc1ccc(OC(=O)c2ccccc2)cc1OC(=O)c1ccccc1. The molecule has 35 heavy (non-hydrogen) atoms. The molecule has 0 aliphatic carbocycles. The zero-order valence-electron chi connectivity index (χ0n) is 19.3. The van der Waals surface area contributed by atoms with Crippen LogP contribution in [-0.2, 0) is 0 Å². The molecule has 0 amide bonds. The van der Waals surface area contributed by atoms with Crippen molar-refractivity contribution < 1.29 is 23.9 Å². The number of esters is 2. The zero-order chi connectivity index (χ0) is 24.8. The third-order valence-corrected chi connectivity index (χ3v) is 6.50. The minimum atomic E-state index is -0.567. The fraction of sp³-hybridized carbons (Fsp3) is 0.0690. The Morgan fingerprint density at radius 2 is 1.17 bits per heavy atom. The Balaban J connectivity index is 1.64. The summed E-state index contributed by atoms with van der Waals surface area (Å²) in [7, 11) is -0.287. The molecular weight excluding hydrogens is 459 g/mol. The van der Waals surface area contributed by atoms with Crippen molar-refractivity contribution in [2.24, 2.45) is 0 Å². The summed E-state index contributed by atoms with van der Waals surface area (Å²) >= 11 is 0. The highest BCUT2D eigenvalue weighted by atomic mass is 31.1. The van der Waals surface area contributed by atoms with Crippen molar-refractivity contribution in [3.05, 3.63) is 125 Å². The normalized spacial score (nSPS) is 10.8. The lowest BCUT2D eigenvalue weighted by Crippen LogP contribution is -2.15. The van der Waals surface area contributed by atoms with Gasteiger partial charge in [0.2, 0.25) is 0 Å². The van der Waals surface area contributed by atoms with Crippen LogP contribution in [0.4, 0.5) is 0 Å². The monoisotopic (exact) mass is 482 g/mol. The quantitative estimate of drug-likeness (QED) is 0.187. The van der Waals surface area contributed by atoms with Crippen molar-refractivity contribution in [1.82, 2.24) is 0 Å². The highest BCUT2D eigenvalue weighted by Gasteiger charge is 2.19. The first-order chi connectivity index (χ1) is 16.9. The predicted molar refractivity (Wildman–Crippen MR) is 137 cm³/mol. The molecular formula is C29H23O5P. The van der Waals surface area contributed by atoms with Crippen LogP contribution in [0.2, 0.25) is 0 Å². The number of rotatable bonds is 7. The van der Waals surface area contributed by atoms with E-state index in [0.717, 1.165) is 11.1 Å². The molecule has 0 saturated heterocycles. The smallest absolute Gasteiger partial charge is 0.343 e. The van der Waals surface area contributed by atoms with Gasteiger partial charge in [0.25, 0.3) is 0 Å². The average molecular weight is 482 g/mol. The molecule has 4 aromatic carbocycles. The van der Waals surface area contributed by atoms with Gasteiger partial charge < -0.3 is 9.47 Å². The van der Waals surface area contributed by atoms with Crippen molar-refractivity contribution in [1.29, 1.82) is 0 Å². The Morgan fingerprint density at radius 1 is 0.629 bits per heavy atom. The number of ether oxygens (including phenoxy) is 2. The molecule has 5 nitrogen and oxygen atoms in total. The van der Waals surface area contributed by atoms with Gasteiger partial charge in [-0.25, -0.2) is 9.59 Å². The number of benzene rings is 4. The van der Waals surface area contributed by atoms with Crippen LogP contribution in [0.5, 0.6) is 11.5 Å². The summed E-state index contributed by atoms with van der Waals surface area (Å²) in [5, 5.41) is 0.543. The largest absolute Gasteiger partial charge is 0.423 e. The van der Waals surface area contributed by atoms with E-state index < -0.39 is 11.9 Å². The van der Waals surface area contributed by atoms with Gasteiger partial charge in [0, 0.05) is 16.9 Å². The van der Waals surface area contributed by atoms with Crippen LogP contribution in [0.1, 0.15) is 42.2 Å². The van der Waals surface area contributed by atoms with Crippen LogP contribution >= 0.6 is 8.58 Å². The van der Waals surface area contributed by atoms with E-state index >= 15 is 0 Å². The molecule has 0 saturated carbocycles. The summed E-state index contributed by atoms with van der Waals surface area (Å²) in [5.41, 5.74) is 3.14. The van der Waals surface area contributed by atoms with Crippen LogP contribution in [0, 0.1) is 13.8 Å². The molecule has 174 valence electrons. The molecule has 1 unspecified atom stereocenters. The maximum Gasteiger partial charge on any atom is 0.343 e. The summed E-state index contributed by atoms with van der Waals surface area (Å²) < 4.78 is 11.2. The Morgan fingerprint density at radius 3 is 1.74 bits per heavy atom. The van der Waals surface area contributed by atoms with E-state index in [4.69, 9.17) is 9.47 Å². The van der Waals surface area contributed by atoms with Gasteiger partial charge in [-0.1, -0.05) is 54.6 Å². The lowest BCUT2D eigenvalue weighted by molar-refractivity contribution is 0.0733. The molecule has 0 radical (unpaired) electrons. The Hall–Kier alpha value is -4.08. The van der Waals surface area contributed by atoms with Gasteiger partial charge in [-0.05, 0) is 70.0 Å². The van der Waals surface area contributed by atoms with Crippen molar-refractivity contribution in [3.63, 3.8) is 0 Å². The molecule has 1 atom stereocenters. The maximum atomic E-state index is 13.2. The highest BCUT2D eigenvalue weighted by molar-refractivity contribution is 7.66. The number of carbonyl (C=O) groups is 3. The van der Waals surface area contributed by atoms with Gasteiger partial charge in [-0.3, -0.25) is 4.79 Å². The molecule has 0 aliphatic rings. The van der Waals surface area contributed by atoms with Crippen LogP contribution in [-0.4, -0.2) is 17.5 Å². The van der Waals surface area contributed by atoms with Gasteiger partial charge in [0.1, 0.15) is 11.5 Å². The topological polar surface area (TPSA) is 69.7 Å². The molecule has 0 bridgehead atoms. The summed E-state index contributed by atoms with van der Waals surface area (Å²) in [4.78, 5) is 38.5. The second-order valence-electron chi connectivity index (χ2n) is 7.89. The van der Waals surface area contributed by atoms with E-state index in [1.807, 2.05) is 32.0 Å². The lowest BCUT2D eigenvalue weighted by Gasteiger charge is -2.14. The van der Waals surface area contributed by atoms with Crippen LogP contribution in [0.15, 0.2) is 97.1 Å². The first kappa shape index (κ1) is 24.1. The van der Waals surface area contributed by atoms with Gasteiger partial charge >= 0.3 is 11.9 Å². The van der Waals surface area contributed by atoms with Crippen LogP contribution < -0.4 is 14.8 Å².